The molecule has 1 N–H and O–H groups in total. The third-order valence-corrected chi connectivity index (χ3v) is 5.61. The number of halogens is 3. The predicted molar refractivity (Wildman–Crippen MR) is 111 cm³/mol. The van der Waals surface area contributed by atoms with Crippen molar-refractivity contribution in [2.75, 3.05) is 4.90 Å². The van der Waals surface area contributed by atoms with E-state index in [9.17, 15) is 27.9 Å². The smallest absolute Gasteiger partial charge is 0.477 e. The van der Waals surface area contributed by atoms with Gasteiger partial charge in [-0.05, 0) is 69.7 Å². The molecular formula is C22H26F3N3O4. The molecule has 0 unspecified atom stereocenters. The van der Waals surface area contributed by atoms with E-state index in [4.69, 9.17) is 0 Å². The minimum Gasteiger partial charge on any atom is -0.477 e. The Hall–Kier alpha value is -3.04. The second-order valence-electron chi connectivity index (χ2n) is 8.42. The van der Waals surface area contributed by atoms with Crippen molar-refractivity contribution in [3.05, 3.63) is 36.0 Å². The van der Waals surface area contributed by atoms with Gasteiger partial charge < -0.3 is 9.84 Å². The fourth-order valence-corrected chi connectivity index (χ4v) is 3.93. The normalized spacial score (nSPS) is 19.1. The number of carboxylic acids is 1. The zero-order valence-electron chi connectivity index (χ0n) is 18.1. The minimum absolute atomic E-state index is 0.0201. The van der Waals surface area contributed by atoms with Crippen LogP contribution in [-0.4, -0.2) is 39.2 Å². The first-order valence-electron chi connectivity index (χ1n) is 10.5. The first-order valence-corrected chi connectivity index (χ1v) is 10.5. The molecule has 1 aliphatic rings. The molecule has 1 aromatic carbocycles. The van der Waals surface area contributed by atoms with Crippen LogP contribution in [0.15, 0.2) is 30.5 Å². The van der Waals surface area contributed by atoms with Crippen molar-refractivity contribution >= 4 is 17.7 Å². The number of aromatic carboxylic acids is 1. The summed E-state index contributed by atoms with van der Waals surface area (Å²) in [5.41, 5.74) is 0.169. The number of carbonyl (C=O) groups excluding carboxylic acids is 1. The Labute approximate surface area is 183 Å². The number of rotatable bonds is 6. The average Bonchev–Trinajstić information content (AvgIpc) is 3.13. The molecule has 1 saturated carbocycles. The summed E-state index contributed by atoms with van der Waals surface area (Å²) in [6.45, 7) is 5.73. The van der Waals surface area contributed by atoms with Gasteiger partial charge in [-0.3, -0.25) is 9.69 Å². The number of nitrogens with zero attached hydrogens (tertiary/aromatic N) is 3. The van der Waals surface area contributed by atoms with Crippen molar-refractivity contribution in [1.82, 2.24) is 9.78 Å². The van der Waals surface area contributed by atoms with Gasteiger partial charge >= 0.3 is 12.3 Å². The minimum atomic E-state index is -4.81. The number of carbonyl (C=O) groups is 2. The molecule has 174 valence electrons. The molecule has 0 aliphatic heterocycles. The van der Waals surface area contributed by atoms with Gasteiger partial charge in [0, 0.05) is 18.2 Å². The van der Waals surface area contributed by atoms with Gasteiger partial charge in [-0.2, -0.15) is 0 Å². The van der Waals surface area contributed by atoms with Gasteiger partial charge in [0.25, 0.3) is 0 Å². The van der Waals surface area contributed by atoms with Gasteiger partial charge in [0.1, 0.15) is 11.3 Å². The lowest BCUT2D eigenvalue weighted by molar-refractivity contribution is -0.274. The Kier molecular flexibility index (Phi) is 6.80. The maximum atomic E-state index is 13.3. The van der Waals surface area contributed by atoms with Crippen molar-refractivity contribution in [3.63, 3.8) is 0 Å². The largest absolute Gasteiger partial charge is 0.573 e. The van der Waals surface area contributed by atoms with Gasteiger partial charge in [-0.15, -0.1) is 18.3 Å². The standard InChI is InChI=1S/C22H26F3N3O4/c1-13(2)28(20(29)15-6-4-14(3)5-7-15)19-18(21(30)31)12-27(26-19)16-8-10-17(11-9-16)32-22(23,24)25/h8-15H,4-7H2,1-3H3,(H,30,31). The van der Waals surface area contributed by atoms with Crippen LogP contribution in [0.25, 0.3) is 5.69 Å². The summed E-state index contributed by atoms with van der Waals surface area (Å²) < 4.78 is 42.2. The highest BCUT2D eigenvalue weighted by Gasteiger charge is 2.34. The number of hydrogen-bond acceptors (Lipinski definition) is 4. The summed E-state index contributed by atoms with van der Waals surface area (Å²) in [6.07, 6.45) is -0.196. The zero-order chi connectivity index (χ0) is 23.6. The van der Waals surface area contributed by atoms with E-state index in [0.717, 1.165) is 37.8 Å². The van der Waals surface area contributed by atoms with E-state index < -0.39 is 18.1 Å². The van der Waals surface area contributed by atoms with Crippen molar-refractivity contribution in [2.24, 2.45) is 11.8 Å². The molecule has 1 aromatic heterocycles. The van der Waals surface area contributed by atoms with E-state index in [2.05, 4.69) is 16.8 Å². The Bertz CT molecular complexity index is 962. The van der Waals surface area contributed by atoms with E-state index in [1.165, 1.54) is 27.9 Å². The lowest BCUT2D eigenvalue weighted by atomic mass is 9.82. The third-order valence-electron chi connectivity index (χ3n) is 5.61. The Balaban J connectivity index is 1.93. The van der Waals surface area contributed by atoms with Gasteiger partial charge in [0.05, 0.1) is 5.69 Å². The van der Waals surface area contributed by atoms with Crippen LogP contribution in [0.1, 0.15) is 56.8 Å². The Morgan fingerprint density at radius 2 is 1.75 bits per heavy atom. The summed E-state index contributed by atoms with van der Waals surface area (Å²) in [5, 5.41) is 14.1. The lowest BCUT2D eigenvalue weighted by Gasteiger charge is -2.32. The second-order valence-corrected chi connectivity index (χ2v) is 8.42. The van der Waals surface area contributed by atoms with Crippen molar-refractivity contribution in [1.29, 1.82) is 0 Å². The molecule has 0 radical (unpaired) electrons. The highest BCUT2D eigenvalue weighted by atomic mass is 19.4. The van der Waals surface area contributed by atoms with Crippen LogP contribution < -0.4 is 9.64 Å². The molecule has 2 aromatic rings. The van der Waals surface area contributed by atoms with Crippen LogP contribution in [-0.2, 0) is 4.79 Å². The van der Waals surface area contributed by atoms with Crippen molar-refractivity contribution in [2.45, 2.75) is 58.9 Å². The zero-order valence-corrected chi connectivity index (χ0v) is 18.1. The highest BCUT2D eigenvalue weighted by molar-refractivity contribution is 6.01. The van der Waals surface area contributed by atoms with Crippen LogP contribution in [0.3, 0.4) is 0 Å². The number of ether oxygens (including phenoxy) is 1. The number of hydrogen-bond donors (Lipinski definition) is 1. The lowest BCUT2D eigenvalue weighted by Crippen LogP contribution is -2.43. The maximum absolute atomic E-state index is 13.3. The summed E-state index contributed by atoms with van der Waals surface area (Å²) in [6, 6.07) is 4.55. The number of carboxylic acid groups (broad SMARTS) is 1. The summed E-state index contributed by atoms with van der Waals surface area (Å²) in [4.78, 5) is 26.6. The van der Waals surface area contributed by atoms with E-state index >= 15 is 0 Å². The van der Waals surface area contributed by atoms with E-state index in [-0.39, 0.29) is 29.2 Å². The van der Waals surface area contributed by atoms with Crippen LogP contribution in [0.5, 0.6) is 5.75 Å². The maximum Gasteiger partial charge on any atom is 0.573 e. The Morgan fingerprint density at radius 3 is 2.25 bits per heavy atom. The van der Waals surface area contributed by atoms with Crippen LogP contribution in [0, 0.1) is 11.8 Å². The average molecular weight is 453 g/mol. The number of alkyl halides is 3. The fraction of sp³-hybridized carbons (Fsp3) is 0.500. The molecule has 0 spiro atoms. The summed E-state index contributed by atoms with van der Waals surface area (Å²) in [5.74, 6) is -1.43. The van der Waals surface area contributed by atoms with Gasteiger partial charge in [0.15, 0.2) is 5.82 Å². The van der Waals surface area contributed by atoms with Crippen molar-refractivity contribution in [3.8, 4) is 11.4 Å². The Morgan fingerprint density at radius 1 is 1.16 bits per heavy atom. The molecule has 1 aliphatic carbocycles. The van der Waals surface area contributed by atoms with E-state index in [0.29, 0.717) is 11.6 Å². The molecule has 3 rings (SSSR count). The van der Waals surface area contributed by atoms with E-state index in [1.807, 2.05) is 0 Å². The molecule has 10 heteroatoms. The first kappa shape index (κ1) is 23.6. The molecule has 0 bridgehead atoms. The molecule has 1 fully saturated rings. The first-order chi connectivity index (χ1) is 15.0. The summed E-state index contributed by atoms with van der Waals surface area (Å²) in [7, 11) is 0. The molecule has 1 heterocycles. The molecular weight excluding hydrogens is 427 g/mol. The van der Waals surface area contributed by atoms with Crippen LogP contribution in [0.4, 0.5) is 19.0 Å². The van der Waals surface area contributed by atoms with Gasteiger partial charge in [-0.25, -0.2) is 9.48 Å². The predicted octanol–water partition coefficient (Wildman–Crippen LogP) is 5.04. The van der Waals surface area contributed by atoms with E-state index in [1.54, 1.807) is 13.8 Å². The topological polar surface area (TPSA) is 84.7 Å². The monoisotopic (exact) mass is 453 g/mol. The molecule has 1 amide bonds. The second kappa shape index (κ2) is 9.22. The quantitative estimate of drug-likeness (QED) is 0.663. The van der Waals surface area contributed by atoms with Crippen molar-refractivity contribution < 1.29 is 32.6 Å². The van der Waals surface area contributed by atoms with Gasteiger partial charge in [-0.1, -0.05) is 6.92 Å². The number of anilines is 1. The molecule has 7 nitrogen and oxygen atoms in total. The molecule has 0 atom stereocenters. The van der Waals surface area contributed by atoms with Crippen LogP contribution >= 0.6 is 0 Å². The van der Waals surface area contributed by atoms with Gasteiger partial charge in [0.2, 0.25) is 5.91 Å². The van der Waals surface area contributed by atoms with Crippen LogP contribution in [0.2, 0.25) is 0 Å². The molecule has 0 saturated heterocycles. The number of amides is 1. The third kappa shape index (κ3) is 5.41. The highest BCUT2D eigenvalue weighted by Crippen LogP contribution is 2.33. The number of aromatic nitrogens is 2. The molecule has 32 heavy (non-hydrogen) atoms. The number of benzene rings is 1. The summed E-state index contributed by atoms with van der Waals surface area (Å²) >= 11 is 0. The SMILES string of the molecule is CC1CCC(C(=O)N(c2nn(-c3ccc(OC(F)(F)F)cc3)cc2C(=O)O)C(C)C)CC1. The fourth-order valence-electron chi connectivity index (χ4n) is 3.93.